The first-order valence-electron chi connectivity index (χ1n) is 11.2. The Morgan fingerprint density at radius 2 is 1.88 bits per heavy atom. The highest BCUT2D eigenvalue weighted by Crippen LogP contribution is 2.32. The van der Waals surface area contributed by atoms with Gasteiger partial charge >= 0.3 is 12.1 Å². The first kappa shape index (κ1) is 25.5. The number of rotatable bonds is 5. The highest BCUT2D eigenvalue weighted by molar-refractivity contribution is 5.93. The van der Waals surface area contributed by atoms with Gasteiger partial charge in [0.15, 0.2) is 0 Å². The van der Waals surface area contributed by atoms with E-state index in [0.717, 1.165) is 43.5 Å². The highest BCUT2D eigenvalue weighted by atomic mass is 16.6. The van der Waals surface area contributed by atoms with Gasteiger partial charge in [0.05, 0.1) is 12.7 Å². The topological polar surface area (TPSA) is 88.1 Å². The van der Waals surface area contributed by atoms with Crippen LogP contribution in [0, 0.1) is 18.8 Å². The van der Waals surface area contributed by atoms with Gasteiger partial charge in [-0.2, -0.15) is 0 Å². The average molecular weight is 445 g/mol. The SMILES string of the molecule is CCN(c1cc(C#CCO)cc(C(=O)OC)c1C)[C@H]1CC[C@H](NC(=O)OC(C)(C)C)CC1. The van der Waals surface area contributed by atoms with E-state index in [9.17, 15) is 9.59 Å². The van der Waals surface area contributed by atoms with Crippen molar-refractivity contribution in [3.8, 4) is 11.8 Å². The summed E-state index contributed by atoms with van der Waals surface area (Å²) in [7, 11) is 1.37. The van der Waals surface area contributed by atoms with Crippen LogP contribution in [0.1, 0.15) is 74.9 Å². The molecule has 1 saturated carbocycles. The minimum absolute atomic E-state index is 0.0910. The monoisotopic (exact) mass is 444 g/mol. The molecule has 0 radical (unpaired) electrons. The van der Waals surface area contributed by atoms with E-state index in [4.69, 9.17) is 14.6 Å². The molecule has 0 saturated heterocycles. The van der Waals surface area contributed by atoms with Crippen LogP contribution in [0.3, 0.4) is 0 Å². The lowest BCUT2D eigenvalue weighted by Gasteiger charge is -2.39. The van der Waals surface area contributed by atoms with Crippen molar-refractivity contribution in [2.75, 3.05) is 25.2 Å². The molecule has 0 spiro atoms. The number of methoxy groups -OCH3 is 1. The van der Waals surface area contributed by atoms with E-state index in [1.54, 1.807) is 6.07 Å². The lowest BCUT2D eigenvalue weighted by atomic mass is 9.89. The summed E-state index contributed by atoms with van der Waals surface area (Å²) in [6, 6.07) is 4.05. The first-order valence-corrected chi connectivity index (χ1v) is 11.2. The molecule has 2 N–H and O–H groups in total. The maximum absolute atomic E-state index is 12.4. The Morgan fingerprint density at radius 1 is 1.22 bits per heavy atom. The predicted octanol–water partition coefficient (Wildman–Crippen LogP) is 3.79. The number of alkyl carbamates (subject to hydrolysis) is 1. The lowest BCUT2D eigenvalue weighted by Crippen LogP contribution is -2.45. The molecule has 0 aromatic heterocycles. The van der Waals surface area contributed by atoms with E-state index in [2.05, 4.69) is 29.0 Å². The Kier molecular flexibility index (Phi) is 8.97. The van der Waals surface area contributed by atoms with Gasteiger partial charge in [0.25, 0.3) is 0 Å². The standard InChI is InChI=1S/C25H36N2O5/c1-7-27(20-12-10-19(11-13-20)26-24(30)32-25(3,4)5)22-16-18(9-8-14-28)15-21(17(22)2)23(29)31-6/h15-16,19-20,28H,7,10-14H2,1-6H3,(H,26,30)/t19-,20-. The second-order valence-corrected chi connectivity index (χ2v) is 9.06. The van der Waals surface area contributed by atoms with Gasteiger partial charge in [-0.15, -0.1) is 0 Å². The van der Waals surface area contributed by atoms with Gasteiger partial charge in [0.2, 0.25) is 0 Å². The number of aliphatic hydroxyl groups is 1. The van der Waals surface area contributed by atoms with Crippen LogP contribution in [-0.4, -0.2) is 55.1 Å². The molecule has 1 aromatic rings. The molecule has 0 unspecified atom stereocenters. The van der Waals surface area contributed by atoms with Gasteiger partial charge in [0.1, 0.15) is 12.2 Å². The lowest BCUT2D eigenvalue weighted by molar-refractivity contribution is 0.0490. The molecule has 1 aliphatic carbocycles. The maximum atomic E-state index is 12.4. The molecule has 7 heteroatoms. The van der Waals surface area contributed by atoms with E-state index in [1.807, 2.05) is 33.8 Å². The van der Waals surface area contributed by atoms with Crippen LogP contribution in [0.4, 0.5) is 10.5 Å². The Bertz CT molecular complexity index is 871. The number of aliphatic hydroxyl groups excluding tert-OH is 1. The molecule has 0 heterocycles. The number of amides is 1. The third-order valence-corrected chi connectivity index (χ3v) is 5.61. The van der Waals surface area contributed by atoms with Crippen LogP contribution in [0.2, 0.25) is 0 Å². The van der Waals surface area contributed by atoms with E-state index in [0.29, 0.717) is 11.1 Å². The fourth-order valence-corrected chi connectivity index (χ4v) is 4.16. The summed E-state index contributed by atoms with van der Waals surface area (Å²) in [6.45, 7) is 10.1. The van der Waals surface area contributed by atoms with Crippen molar-refractivity contribution in [2.45, 2.75) is 78.0 Å². The molecule has 32 heavy (non-hydrogen) atoms. The van der Waals surface area contributed by atoms with Crippen molar-refractivity contribution in [1.29, 1.82) is 0 Å². The van der Waals surface area contributed by atoms with E-state index in [1.165, 1.54) is 7.11 Å². The fraction of sp³-hybridized carbons (Fsp3) is 0.600. The van der Waals surface area contributed by atoms with E-state index < -0.39 is 11.6 Å². The number of benzene rings is 1. The summed E-state index contributed by atoms with van der Waals surface area (Å²) in [5, 5.41) is 12.1. The Balaban J connectivity index is 2.20. The average Bonchev–Trinajstić information content (AvgIpc) is 2.73. The highest BCUT2D eigenvalue weighted by Gasteiger charge is 2.29. The minimum atomic E-state index is -0.515. The fourth-order valence-electron chi connectivity index (χ4n) is 4.16. The molecular weight excluding hydrogens is 408 g/mol. The molecule has 2 rings (SSSR count). The largest absolute Gasteiger partial charge is 0.465 e. The maximum Gasteiger partial charge on any atom is 0.407 e. The van der Waals surface area contributed by atoms with Gasteiger partial charge in [-0.3, -0.25) is 0 Å². The summed E-state index contributed by atoms with van der Waals surface area (Å²) < 4.78 is 10.3. The van der Waals surface area contributed by atoms with Crippen molar-refractivity contribution < 1.29 is 24.2 Å². The van der Waals surface area contributed by atoms with Crippen LogP contribution >= 0.6 is 0 Å². The summed E-state index contributed by atoms with van der Waals surface area (Å²) in [5.74, 6) is 5.16. The summed E-state index contributed by atoms with van der Waals surface area (Å²) in [5.41, 5.74) is 2.42. The molecule has 0 aliphatic heterocycles. The molecule has 0 atom stereocenters. The van der Waals surface area contributed by atoms with Gasteiger partial charge in [-0.25, -0.2) is 9.59 Å². The second kappa shape index (κ2) is 11.2. The number of hydrogen-bond acceptors (Lipinski definition) is 6. The van der Waals surface area contributed by atoms with Gasteiger partial charge in [-0.1, -0.05) is 11.8 Å². The Hall–Kier alpha value is -2.72. The van der Waals surface area contributed by atoms with Gasteiger partial charge in [-0.05, 0) is 78.0 Å². The number of ether oxygens (including phenoxy) is 2. The van der Waals surface area contributed by atoms with Crippen molar-refractivity contribution in [3.05, 3.63) is 28.8 Å². The summed E-state index contributed by atoms with van der Waals surface area (Å²) in [6.07, 6.45) is 3.16. The van der Waals surface area contributed by atoms with Crippen LogP contribution in [0.5, 0.6) is 0 Å². The number of anilines is 1. The van der Waals surface area contributed by atoms with Crippen LogP contribution < -0.4 is 10.2 Å². The van der Waals surface area contributed by atoms with E-state index >= 15 is 0 Å². The van der Waals surface area contributed by atoms with Gasteiger partial charge in [0, 0.05) is 29.9 Å². The molecule has 1 amide bonds. The zero-order chi connectivity index (χ0) is 23.9. The van der Waals surface area contributed by atoms with Crippen molar-refractivity contribution in [3.63, 3.8) is 0 Å². The van der Waals surface area contributed by atoms with Crippen LogP contribution in [-0.2, 0) is 9.47 Å². The first-order chi connectivity index (χ1) is 15.1. The number of carbonyl (C=O) groups is 2. The summed E-state index contributed by atoms with van der Waals surface area (Å²) >= 11 is 0. The molecule has 0 bridgehead atoms. The van der Waals surface area contributed by atoms with Gasteiger partial charge < -0.3 is 24.8 Å². The number of hydrogen-bond donors (Lipinski definition) is 2. The number of esters is 1. The molecule has 1 aromatic carbocycles. The van der Waals surface area contributed by atoms with Crippen LogP contribution in [0.25, 0.3) is 0 Å². The molecule has 176 valence electrons. The zero-order valence-electron chi connectivity index (χ0n) is 20.1. The minimum Gasteiger partial charge on any atom is -0.465 e. The zero-order valence-corrected chi connectivity index (χ0v) is 20.1. The second-order valence-electron chi connectivity index (χ2n) is 9.06. The third kappa shape index (κ3) is 6.89. The smallest absolute Gasteiger partial charge is 0.407 e. The molecule has 1 fully saturated rings. The van der Waals surface area contributed by atoms with Crippen molar-refractivity contribution in [2.24, 2.45) is 0 Å². The van der Waals surface area contributed by atoms with E-state index in [-0.39, 0.29) is 24.8 Å². The van der Waals surface area contributed by atoms with Crippen LogP contribution in [0.15, 0.2) is 12.1 Å². The number of nitrogens with one attached hydrogen (secondary N) is 1. The molecular formula is C25H36N2O5. The number of carbonyl (C=O) groups excluding carboxylic acids is 2. The van der Waals surface area contributed by atoms with Crippen molar-refractivity contribution >= 4 is 17.7 Å². The van der Waals surface area contributed by atoms with Crippen molar-refractivity contribution in [1.82, 2.24) is 5.32 Å². The third-order valence-electron chi connectivity index (χ3n) is 5.61. The summed E-state index contributed by atoms with van der Waals surface area (Å²) in [4.78, 5) is 26.8. The normalized spacial score (nSPS) is 18.2. The predicted molar refractivity (Wildman–Crippen MR) is 125 cm³/mol. The quantitative estimate of drug-likeness (QED) is 0.531. The molecule has 7 nitrogen and oxygen atoms in total. The number of nitrogens with zero attached hydrogens (tertiary/aromatic N) is 1. The Labute approximate surface area is 191 Å². The molecule has 1 aliphatic rings. The Morgan fingerprint density at radius 3 is 2.41 bits per heavy atom.